The maximum Gasteiger partial charge on any atom is 0.274 e. The highest BCUT2D eigenvalue weighted by Crippen LogP contribution is 2.38. The molecule has 64 heavy (non-hydrogen) atoms. The Morgan fingerprint density at radius 1 is 1.00 bits per heavy atom. The zero-order valence-electron chi connectivity index (χ0n) is 35.9. The van der Waals surface area contributed by atoms with Crippen LogP contribution in [0.15, 0.2) is 54.9 Å². The second kappa shape index (κ2) is 17.0. The van der Waals surface area contributed by atoms with Gasteiger partial charge in [0, 0.05) is 86.4 Å². The minimum atomic E-state index is -1.29. The number of nitrogens with zero attached hydrogens (tertiary/aromatic N) is 8. The largest absolute Gasteiger partial charge is 0.386 e. The third-order valence-corrected chi connectivity index (χ3v) is 13.4. The maximum atomic E-state index is 15.2. The van der Waals surface area contributed by atoms with E-state index in [-0.39, 0.29) is 48.0 Å². The topological polar surface area (TPSA) is 190 Å². The molecule has 3 saturated heterocycles. The molecular weight excluding hydrogens is 827 g/mol. The van der Waals surface area contributed by atoms with Crippen LogP contribution in [0.1, 0.15) is 91.5 Å². The van der Waals surface area contributed by atoms with Gasteiger partial charge >= 0.3 is 0 Å². The molecule has 0 unspecified atom stereocenters. The fourth-order valence-electron chi connectivity index (χ4n) is 10.0. The average molecular weight is 877 g/mol. The number of amides is 4. The molecule has 4 amide bonds. The molecule has 1 saturated carbocycles. The average Bonchev–Trinajstić information content (AvgIpc) is 3.87. The third kappa shape index (κ3) is 8.19. The van der Waals surface area contributed by atoms with Crippen molar-refractivity contribution in [2.75, 3.05) is 56.7 Å². The summed E-state index contributed by atoms with van der Waals surface area (Å²) in [4.78, 5) is 57.3. The van der Waals surface area contributed by atoms with Gasteiger partial charge in [0.2, 0.25) is 17.7 Å². The van der Waals surface area contributed by atoms with Gasteiger partial charge in [-0.15, -0.1) is 0 Å². The number of hydrogen-bond donors (Lipinski definition) is 3. The standard InChI is InChI=1S/C46H50F2N10O6/c1-46(2,63)35-18-38-27(15-39(35)51-44(61)40-10-8-31-14-26(19-49)20-50-58(31)40)23-57(53-38)30-6-4-29(5-7-30)56-13-12-54(24-33(56)25-64-3)45(62)28-21-55(22-28)32-16-36(47)42(37(48)17-32)34-9-11-41(59)52-43(34)60/h8,10,14-18,20,23,28-30,33-34,63H,4-7,9,11-13,21-22,24-25H2,1-3H3,(H,51,61)(H,52,59,60)/t29?,30?,33-,34+/m0/s1. The molecule has 3 aromatic heterocycles. The quantitative estimate of drug-likeness (QED) is 0.166. The molecule has 4 fully saturated rings. The fraction of sp³-hybridized carbons (Fsp3) is 0.457. The zero-order valence-corrected chi connectivity index (χ0v) is 35.9. The number of aliphatic hydroxyl groups is 1. The summed E-state index contributed by atoms with van der Waals surface area (Å²) in [5.41, 5.74) is 1.63. The number of benzene rings is 2. The van der Waals surface area contributed by atoms with Crippen LogP contribution in [-0.4, -0.2) is 116 Å². The van der Waals surface area contributed by atoms with E-state index in [0.717, 1.165) is 31.1 Å². The van der Waals surface area contributed by atoms with Crippen LogP contribution in [-0.2, 0) is 24.7 Å². The van der Waals surface area contributed by atoms with Gasteiger partial charge in [-0.05, 0) is 88.4 Å². The van der Waals surface area contributed by atoms with Gasteiger partial charge < -0.3 is 25.0 Å². The van der Waals surface area contributed by atoms with Gasteiger partial charge in [0.1, 0.15) is 23.4 Å². The number of nitriles is 1. The number of piperidine rings is 1. The lowest BCUT2D eigenvalue weighted by Crippen LogP contribution is -2.63. The summed E-state index contributed by atoms with van der Waals surface area (Å²) in [6.45, 7) is 6.20. The Balaban J connectivity index is 0.813. The minimum Gasteiger partial charge on any atom is -0.386 e. The molecular formula is C46H50F2N10O6. The Kier molecular flexibility index (Phi) is 11.4. The van der Waals surface area contributed by atoms with Gasteiger partial charge in [-0.1, -0.05) is 0 Å². The molecule has 3 N–H and O–H groups in total. The number of ether oxygens (including phenoxy) is 1. The van der Waals surface area contributed by atoms with Crippen molar-refractivity contribution in [3.63, 3.8) is 0 Å². The molecule has 3 aliphatic heterocycles. The van der Waals surface area contributed by atoms with Crippen LogP contribution >= 0.6 is 0 Å². The van der Waals surface area contributed by atoms with E-state index in [2.05, 4.69) is 26.7 Å². The Bertz CT molecular complexity index is 2680. The summed E-state index contributed by atoms with van der Waals surface area (Å²) in [7, 11) is 1.66. The Labute approximate surface area is 367 Å². The van der Waals surface area contributed by atoms with Gasteiger partial charge in [-0.2, -0.15) is 15.5 Å². The summed E-state index contributed by atoms with van der Waals surface area (Å²) in [5, 5.41) is 35.6. The van der Waals surface area contributed by atoms with Crippen molar-refractivity contribution in [3.05, 3.63) is 88.9 Å². The van der Waals surface area contributed by atoms with Crippen molar-refractivity contribution in [1.29, 1.82) is 5.26 Å². The van der Waals surface area contributed by atoms with Gasteiger partial charge in [-0.25, -0.2) is 13.3 Å². The summed E-state index contributed by atoms with van der Waals surface area (Å²) >= 11 is 0. The van der Waals surface area contributed by atoms with Crippen LogP contribution in [0.3, 0.4) is 0 Å². The molecule has 1 aliphatic carbocycles. The molecule has 18 heteroatoms. The maximum absolute atomic E-state index is 15.2. The number of hydrogen-bond acceptors (Lipinski definition) is 11. The van der Waals surface area contributed by atoms with Crippen molar-refractivity contribution >= 4 is 51.4 Å². The summed E-state index contributed by atoms with van der Waals surface area (Å²) in [6, 6.07) is 13.6. The van der Waals surface area contributed by atoms with E-state index in [4.69, 9.17) is 9.84 Å². The zero-order chi connectivity index (χ0) is 45.0. The lowest BCUT2D eigenvalue weighted by Gasteiger charge is -2.49. The van der Waals surface area contributed by atoms with Gasteiger partial charge in [-0.3, -0.25) is 34.1 Å². The second-order valence-corrected chi connectivity index (χ2v) is 18.0. The number of aromatic nitrogens is 4. The molecule has 334 valence electrons. The Morgan fingerprint density at radius 2 is 1.73 bits per heavy atom. The minimum absolute atomic E-state index is 0.000181. The summed E-state index contributed by atoms with van der Waals surface area (Å²) < 4.78 is 39.6. The van der Waals surface area contributed by atoms with E-state index >= 15 is 8.78 Å². The highest BCUT2D eigenvalue weighted by Gasteiger charge is 2.42. The van der Waals surface area contributed by atoms with Gasteiger partial charge in [0.25, 0.3) is 5.91 Å². The first-order valence-electron chi connectivity index (χ1n) is 21.7. The lowest BCUT2D eigenvalue weighted by atomic mass is 9.88. The van der Waals surface area contributed by atoms with Crippen molar-refractivity contribution in [3.8, 4) is 6.07 Å². The van der Waals surface area contributed by atoms with Crippen LogP contribution in [0.5, 0.6) is 0 Å². The van der Waals surface area contributed by atoms with Crippen molar-refractivity contribution in [1.82, 2.24) is 34.5 Å². The molecule has 9 rings (SSSR count). The van der Waals surface area contributed by atoms with E-state index < -0.39 is 40.9 Å². The Morgan fingerprint density at radius 3 is 2.42 bits per heavy atom. The highest BCUT2D eigenvalue weighted by molar-refractivity contribution is 6.05. The molecule has 2 atom stereocenters. The van der Waals surface area contributed by atoms with E-state index in [9.17, 15) is 29.5 Å². The third-order valence-electron chi connectivity index (χ3n) is 13.4. The first-order valence-corrected chi connectivity index (χ1v) is 21.7. The summed E-state index contributed by atoms with van der Waals surface area (Å²) in [5.74, 6) is -4.66. The number of rotatable bonds is 10. The number of anilines is 2. The number of imide groups is 1. The number of carbonyl (C=O) groups excluding carboxylic acids is 4. The highest BCUT2D eigenvalue weighted by atomic mass is 19.1. The lowest BCUT2D eigenvalue weighted by molar-refractivity contribution is -0.141. The molecule has 16 nitrogen and oxygen atoms in total. The van der Waals surface area contributed by atoms with Crippen LogP contribution in [0, 0.1) is 28.9 Å². The number of halogens is 2. The van der Waals surface area contributed by atoms with E-state index in [1.54, 1.807) is 44.1 Å². The number of carbonyl (C=O) groups is 4. The Hall–Kier alpha value is -6.29. The number of methoxy groups -OCH3 is 1. The van der Waals surface area contributed by atoms with Crippen LogP contribution < -0.4 is 15.5 Å². The number of fused-ring (bicyclic) bond motifs is 2. The number of piperazine rings is 1. The first-order chi connectivity index (χ1) is 30.7. The molecule has 0 radical (unpaired) electrons. The first kappa shape index (κ1) is 43.0. The normalized spacial score (nSPS) is 22.4. The predicted octanol–water partition coefficient (Wildman–Crippen LogP) is 4.61. The summed E-state index contributed by atoms with van der Waals surface area (Å²) in [6.07, 6.45) is 7.06. The molecule has 2 aromatic carbocycles. The smallest absolute Gasteiger partial charge is 0.274 e. The molecule has 0 bridgehead atoms. The number of nitrogens with one attached hydrogen (secondary N) is 2. The predicted molar refractivity (Wildman–Crippen MR) is 230 cm³/mol. The SMILES string of the molecule is COC[C@@H]1CN(C(=O)C2CN(c3cc(F)c([C@H]4CCC(=O)NC4=O)c(F)c3)C2)CCN1C1CCC(n2cc3cc(NC(=O)c4ccc5cc(C#N)cnn45)c(C(C)(C)O)cc3n2)CC1. The van der Waals surface area contributed by atoms with Crippen LogP contribution in [0.25, 0.3) is 16.4 Å². The van der Waals surface area contributed by atoms with Crippen molar-refractivity contribution in [2.24, 2.45) is 5.92 Å². The second-order valence-electron chi connectivity index (χ2n) is 18.0. The van der Waals surface area contributed by atoms with Crippen molar-refractivity contribution < 1.29 is 37.8 Å². The fourth-order valence-corrected chi connectivity index (χ4v) is 10.0. The van der Waals surface area contributed by atoms with E-state index in [1.165, 1.54) is 22.8 Å². The molecule has 0 spiro atoms. The molecule has 6 heterocycles. The van der Waals surface area contributed by atoms with Gasteiger partial charge in [0.15, 0.2) is 0 Å². The molecule has 5 aromatic rings. The monoisotopic (exact) mass is 876 g/mol. The van der Waals surface area contributed by atoms with E-state index in [0.29, 0.717) is 78.9 Å². The van der Waals surface area contributed by atoms with Crippen LogP contribution in [0.2, 0.25) is 0 Å². The van der Waals surface area contributed by atoms with Crippen molar-refractivity contribution in [2.45, 2.75) is 82.0 Å². The van der Waals surface area contributed by atoms with Gasteiger partial charge in [0.05, 0.1) is 58.9 Å². The molecule has 4 aliphatic rings. The van der Waals surface area contributed by atoms with Crippen LogP contribution in [0.4, 0.5) is 20.2 Å². The van der Waals surface area contributed by atoms with E-state index in [1.807, 2.05) is 27.9 Å².